The van der Waals surface area contributed by atoms with Crippen molar-refractivity contribution in [3.8, 4) is 11.5 Å². The van der Waals surface area contributed by atoms with Crippen molar-refractivity contribution in [1.82, 2.24) is 5.32 Å². The molecule has 6 heteroatoms. The number of ether oxygens (including phenoxy) is 2. The van der Waals surface area contributed by atoms with Gasteiger partial charge in [0.25, 0.3) is 5.91 Å². The molecule has 29 heavy (non-hydrogen) atoms. The molecule has 1 saturated heterocycles. The summed E-state index contributed by atoms with van der Waals surface area (Å²) >= 11 is 6.27. The summed E-state index contributed by atoms with van der Waals surface area (Å²) in [5, 5.41) is 2.61. The molecule has 4 nitrogen and oxygen atoms in total. The number of hydrogen-bond acceptors (Lipinski definition) is 5. The average molecular weight is 428 g/mol. The standard InChI is InChI=1S/C23H25NO3S2/c1-3-16(2)18-7-11-20(12-8-18)27-14-4-13-26-19-9-5-17(6-10-19)15-21-22(25)24-23(28)29-21/h5-12,15-16H,3-4,13-14H2,1-2H3,(H,24,25,28)/b21-15+/t16-/m0/s1. The monoisotopic (exact) mass is 427 g/mol. The molecule has 3 rings (SSSR count). The summed E-state index contributed by atoms with van der Waals surface area (Å²) in [5.41, 5.74) is 2.28. The van der Waals surface area contributed by atoms with E-state index in [-0.39, 0.29) is 5.91 Å². The molecule has 0 aliphatic carbocycles. The van der Waals surface area contributed by atoms with Crippen LogP contribution in [0, 0.1) is 0 Å². The number of benzene rings is 2. The van der Waals surface area contributed by atoms with E-state index in [9.17, 15) is 4.79 Å². The molecule has 1 atom stereocenters. The molecule has 0 bridgehead atoms. The maximum absolute atomic E-state index is 11.7. The first kappa shape index (κ1) is 21.4. The highest BCUT2D eigenvalue weighted by molar-refractivity contribution is 8.26. The first-order valence-corrected chi connectivity index (χ1v) is 11.0. The molecule has 1 fully saturated rings. The second-order valence-corrected chi connectivity index (χ2v) is 8.57. The van der Waals surface area contributed by atoms with Crippen LogP contribution in [0.5, 0.6) is 11.5 Å². The zero-order valence-electron chi connectivity index (χ0n) is 16.6. The summed E-state index contributed by atoms with van der Waals surface area (Å²) in [5.74, 6) is 2.12. The largest absolute Gasteiger partial charge is 0.493 e. The van der Waals surface area contributed by atoms with Crippen LogP contribution in [0.3, 0.4) is 0 Å². The van der Waals surface area contributed by atoms with Crippen LogP contribution in [-0.2, 0) is 4.79 Å². The predicted molar refractivity (Wildman–Crippen MR) is 124 cm³/mol. The fraction of sp³-hybridized carbons (Fsp3) is 0.304. The summed E-state index contributed by atoms with van der Waals surface area (Å²) in [4.78, 5) is 12.3. The Bertz CT molecular complexity index is 876. The van der Waals surface area contributed by atoms with Gasteiger partial charge in [-0.1, -0.05) is 62.1 Å². The fourth-order valence-electron chi connectivity index (χ4n) is 2.80. The highest BCUT2D eigenvalue weighted by Gasteiger charge is 2.21. The third-order valence-electron chi connectivity index (χ3n) is 4.71. The van der Waals surface area contributed by atoms with Crippen LogP contribution in [0.1, 0.15) is 43.7 Å². The van der Waals surface area contributed by atoms with Gasteiger partial charge in [0.2, 0.25) is 0 Å². The number of hydrogen-bond donors (Lipinski definition) is 1. The molecule has 1 aliphatic heterocycles. The van der Waals surface area contributed by atoms with Crippen molar-refractivity contribution in [2.45, 2.75) is 32.6 Å². The highest BCUT2D eigenvalue weighted by Crippen LogP contribution is 2.26. The SMILES string of the molecule is CC[C@H](C)c1ccc(OCCCOc2ccc(/C=C3/SC(=S)NC3=O)cc2)cc1. The van der Waals surface area contributed by atoms with Gasteiger partial charge in [0, 0.05) is 6.42 Å². The van der Waals surface area contributed by atoms with Crippen molar-refractivity contribution in [2.24, 2.45) is 0 Å². The maximum atomic E-state index is 11.7. The van der Waals surface area contributed by atoms with E-state index in [1.807, 2.05) is 42.5 Å². The summed E-state index contributed by atoms with van der Waals surface area (Å²) in [6, 6.07) is 16.0. The molecule has 2 aromatic carbocycles. The molecule has 2 aromatic rings. The normalized spacial score (nSPS) is 16.0. The number of nitrogens with one attached hydrogen (secondary N) is 1. The van der Waals surface area contributed by atoms with E-state index in [0.29, 0.717) is 28.4 Å². The Kier molecular flexibility index (Phi) is 7.72. The third-order valence-corrected chi connectivity index (χ3v) is 5.87. The molecular formula is C23H25NO3S2. The number of thiocarbonyl (C=S) groups is 1. The minimum Gasteiger partial charge on any atom is -0.493 e. The van der Waals surface area contributed by atoms with E-state index >= 15 is 0 Å². The Balaban J connectivity index is 1.39. The first-order chi connectivity index (χ1) is 14.0. The van der Waals surface area contributed by atoms with Gasteiger partial charge in [-0.05, 0) is 53.8 Å². The average Bonchev–Trinajstić information content (AvgIpc) is 3.05. The summed E-state index contributed by atoms with van der Waals surface area (Å²) in [6.45, 7) is 5.62. The number of rotatable bonds is 9. The molecular weight excluding hydrogens is 402 g/mol. The molecule has 152 valence electrons. The van der Waals surface area contributed by atoms with Gasteiger partial charge < -0.3 is 14.8 Å². The van der Waals surface area contributed by atoms with Crippen molar-refractivity contribution in [3.05, 3.63) is 64.6 Å². The zero-order valence-corrected chi connectivity index (χ0v) is 18.3. The lowest BCUT2D eigenvalue weighted by Crippen LogP contribution is -2.17. The lowest BCUT2D eigenvalue weighted by Gasteiger charge is -2.11. The van der Waals surface area contributed by atoms with Gasteiger partial charge in [0.05, 0.1) is 18.1 Å². The van der Waals surface area contributed by atoms with E-state index in [1.54, 1.807) is 0 Å². The Morgan fingerprint density at radius 2 is 1.62 bits per heavy atom. The molecule has 0 spiro atoms. The van der Waals surface area contributed by atoms with Gasteiger partial charge in [0.15, 0.2) is 0 Å². The van der Waals surface area contributed by atoms with Crippen molar-refractivity contribution >= 4 is 40.3 Å². The van der Waals surface area contributed by atoms with E-state index in [0.717, 1.165) is 29.9 Å². The van der Waals surface area contributed by atoms with Crippen molar-refractivity contribution in [2.75, 3.05) is 13.2 Å². The lowest BCUT2D eigenvalue weighted by atomic mass is 9.99. The van der Waals surface area contributed by atoms with Crippen molar-refractivity contribution < 1.29 is 14.3 Å². The molecule has 1 amide bonds. The quantitative estimate of drug-likeness (QED) is 0.324. The van der Waals surface area contributed by atoms with Gasteiger partial charge in [0.1, 0.15) is 15.8 Å². The zero-order chi connectivity index (χ0) is 20.6. The van der Waals surface area contributed by atoms with E-state index < -0.39 is 0 Å². The number of carbonyl (C=O) groups excluding carboxylic acids is 1. The van der Waals surface area contributed by atoms with Gasteiger partial charge in [-0.3, -0.25) is 4.79 Å². The van der Waals surface area contributed by atoms with Crippen LogP contribution in [0.25, 0.3) is 6.08 Å². The second kappa shape index (κ2) is 10.5. The molecule has 0 saturated carbocycles. The predicted octanol–water partition coefficient (Wildman–Crippen LogP) is 5.54. The van der Waals surface area contributed by atoms with Gasteiger partial charge >= 0.3 is 0 Å². The Morgan fingerprint density at radius 1 is 1.03 bits per heavy atom. The van der Waals surface area contributed by atoms with Crippen molar-refractivity contribution in [1.29, 1.82) is 0 Å². The molecule has 0 aromatic heterocycles. The van der Waals surface area contributed by atoms with Crippen LogP contribution in [0.2, 0.25) is 0 Å². The lowest BCUT2D eigenvalue weighted by molar-refractivity contribution is -0.115. The van der Waals surface area contributed by atoms with Crippen molar-refractivity contribution in [3.63, 3.8) is 0 Å². The summed E-state index contributed by atoms with van der Waals surface area (Å²) < 4.78 is 12.0. The number of amides is 1. The molecule has 1 aliphatic rings. The fourth-order valence-corrected chi connectivity index (χ4v) is 3.84. The van der Waals surface area contributed by atoms with Crippen LogP contribution in [0.4, 0.5) is 0 Å². The van der Waals surface area contributed by atoms with E-state index in [4.69, 9.17) is 21.7 Å². The molecule has 0 radical (unpaired) electrons. The second-order valence-electron chi connectivity index (χ2n) is 6.85. The maximum Gasteiger partial charge on any atom is 0.263 e. The third kappa shape index (κ3) is 6.34. The Morgan fingerprint density at radius 3 is 2.14 bits per heavy atom. The highest BCUT2D eigenvalue weighted by atomic mass is 32.2. The first-order valence-electron chi connectivity index (χ1n) is 9.75. The molecule has 1 N–H and O–H groups in total. The Labute approximate surface area is 181 Å². The van der Waals surface area contributed by atoms with Crippen LogP contribution in [0.15, 0.2) is 53.4 Å². The van der Waals surface area contributed by atoms with E-state index in [2.05, 4.69) is 31.3 Å². The van der Waals surface area contributed by atoms with Gasteiger partial charge in [-0.15, -0.1) is 0 Å². The number of thioether (sulfide) groups is 1. The van der Waals surface area contributed by atoms with Gasteiger partial charge in [-0.2, -0.15) is 0 Å². The minimum absolute atomic E-state index is 0.144. The summed E-state index contributed by atoms with van der Waals surface area (Å²) in [7, 11) is 0. The van der Waals surface area contributed by atoms with Crippen LogP contribution < -0.4 is 14.8 Å². The smallest absolute Gasteiger partial charge is 0.263 e. The summed E-state index contributed by atoms with van der Waals surface area (Å²) in [6.07, 6.45) is 3.76. The topological polar surface area (TPSA) is 47.6 Å². The Hall–Kier alpha value is -2.31. The van der Waals surface area contributed by atoms with E-state index in [1.165, 1.54) is 17.3 Å². The number of carbonyl (C=O) groups is 1. The molecule has 0 unspecified atom stereocenters. The van der Waals surface area contributed by atoms with Gasteiger partial charge in [-0.25, -0.2) is 0 Å². The minimum atomic E-state index is -0.144. The van der Waals surface area contributed by atoms with Crippen LogP contribution in [-0.4, -0.2) is 23.4 Å². The molecule has 1 heterocycles. The van der Waals surface area contributed by atoms with Crippen LogP contribution >= 0.6 is 24.0 Å².